The van der Waals surface area contributed by atoms with Gasteiger partial charge in [-0.2, -0.15) is 0 Å². The summed E-state index contributed by atoms with van der Waals surface area (Å²) in [6.07, 6.45) is 4.99. The highest BCUT2D eigenvalue weighted by Gasteiger charge is 2.35. The van der Waals surface area contributed by atoms with Gasteiger partial charge in [-0.15, -0.1) is 17.1 Å². The summed E-state index contributed by atoms with van der Waals surface area (Å²) in [5.74, 6) is 3.06. The predicted molar refractivity (Wildman–Crippen MR) is 68.8 cm³/mol. The first-order chi connectivity index (χ1) is 6.83. The van der Waals surface area contributed by atoms with Gasteiger partial charge in [-0.3, -0.25) is 0 Å². The van der Waals surface area contributed by atoms with E-state index in [0.29, 0.717) is 0 Å². The highest BCUT2D eigenvalue weighted by atomic mass is 35.5. The standard InChI is InChI=1S/C12H21ClOSi/c1-15(2,3)10-7-11(13)12(14)8-5-4-6-9-12/h11,14H,4-6,8-9H2,1-3H3/t11-/m0/s1. The zero-order valence-electron chi connectivity index (χ0n) is 9.94. The molecule has 1 fully saturated rings. The second-order valence-electron chi connectivity index (χ2n) is 5.55. The van der Waals surface area contributed by atoms with Gasteiger partial charge in [-0.1, -0.05) is 44.8 Å². The van der Waals surface area contributed by atoms with Crippen molar-refractivity contribution in [1.29, 1.82) is 0 Å². The molecule has 0 saturated heterocycles. The minimum atomic E-state index is -1.37. The third kappa shape index (κ3) is 4.18. The van der Waals surface area contributed by atoms with Gasteiger partial charge in [0.15, 0.2) is 0 Å². The molecule has 0 amide bonds. The SMILES string of the molecule is C[Si](C)(C)C#C[C@H](Cl)C1(O)CCCCC1. The van der Waals surface area contributed by atoms with Crippen LogP contribution in [0.4, 0.5) is 0 Å². The van der Waals surface area contributed by atoms with Crippen molar-refractivity contribution < 1.29 is 5.11 Å². The van der Waals surface area contributed by atoms with E-state index in [2.05, 4.69) is 31.1 Å². The van der Waals surface area contributed by atoms with Gasteiger partial charge in [0.1, 0.15) is 13.5 Å². The number of rotatable bonds is 1. The monoisotopic (exact) mass is 244 g/mol. The number of aliphatic hydroxyl groups is 1. The molecule has 3 heteroatoms. The normalized spacial score (nSPS) is 22.7. The summed E-state index contributed by atoms with van der Waals surface area (Å²) in [7, 11) is -1.37. The zero-order chi connectivity index (χ0) is 11.5. The molecule has 1 rings (SSSR count). The molecule has 86 valence electrons. The Morgan fingerprint density at radius 2 is 1.73 bits per heavy atom. The zero-order valence-corrected chi connectivity index (χ0v) is 11.7. The van der Waals surface area contributed by atoms with Crippen LogP contribution in [0.5, 0.6) is 0 Å². The van der Waals surface area contributed by atoms with Gasteiger partial charge in [0, 0.05) is 0 Å². The van der Waals surface area contributed by atoms with E-state index >= 15 is 0 Å². The first kappa shape index (κ1) is 13.1. The molecule has 0 aromatic rings. The maximum Gasteiger partial charge on any atom is 0.129 e. The maximum atomic E-state index is 10.3. The Bertz CT molecular complexity index is 266. The molecule has 0 bridgehead atoms. The second-order valence-corrected chi connectivity index (χ2v) is 10.7. The Balaban J connectivity index is 2.65. The fourth-order valence-corrected chi connectivity index (χ4v) is 2.77. The summed E-state index contributed by atoms with van der Waals surface area (Å²) in [5.41, 5.74) is 2.51. The summed E-state index contributed by atoms with van der Waals surface area (Å²) in [6.45, 7) is 6.57. The topological polar surface area (TPSA) is 20.2 Å². The van der Waals surface area contributed by atoms with Crippen molar-refractivity contribution in [1.82, 2.24) is 0 Å². The number of hydrogen-bond acceptors (Lipinski definition) is 1. The fraction of sp³-hybridized carbons (Fsp3) is 0.833. The van der Waals surface area contributed by atoms with E-state index in [-0.39, 0.29) is 5.38 Å². The minimum Gasteiger partial charge on any atom is -0.387 e. The number of hydrogen-bond donors (Lipinski definition) is 1. The van der Waals surface area contributed by atoms with Crippen molar-refractivity contribution in [2.75, 3.05) is 0 Å². The van der Waals surface area contributed by atoms with Gasteiger partial charge < -0.3 is 5.11 Å². The largest absolute Gasteiger partial charge is 0.387 e. The lowest BCUT2D eigenvalue weighted by Crippen LogP contribution is -2.40. The Kier molecular flexibility index (Phi) is 4.28. The summed E-state index contributed by atoms with van der Waals surface area (Å²) in [4.78, 5) is 0. The molecule has 0 radical (unpaired) electrons. The second kappa shape index (κ2) is 4.91. The summed E-state index contributed by atoms with van der Waals surface area (Å²) in [5, 5.41) is 9.93. The molecule has 1 saturated carbocycles. The molecule has 0 spiro atoms. The Hall–Kier alpha value is 0.0269. The first-order valence-corrected chi connectivity index (χ1v) is 9.66. The molecule has 0 aliphatic heterocycles. The van der Waals surface area contributed by atoms with Crippen LogP contribution in [-0.4, -0.2) is 24.2 Å². The van der Waals surface area contributed by atoms with Crippen molar-refractivity contribution in [3.05, 3.63) is 0 Å². The van der Waals surface area contributed by atoms with E-state index in [4.69, 9.17) is 11.6 Å². The van der Waals surface area contributed by atoms with E-state index < -0.39 is 13.7 Å². The smallest absolute Gasteiger partial charge is 0.129 e. The molecule has 1 atom stereocenters. The average molecular weight is 245 g/mol. The van der Waals surface area contributed by atoms with Crippen LogP contribution >= 0.6 is 11.6 Å². The van der Waals surface area contributed by atoms with Crippen molar-refractivity contribution in [3.63, 3.8) is 0 Å². The van der Waals surface area contributed by atoms with Crippen molar-refractivity contribution >= 4 is 19.7 Å². The van der Waals surface area contributed by atoms with E-state index in [1.165, 1.54) is 6.42 Å². The minimum absolute atomic E-state index is 0.385. The summed E-state index contributed by atoms with van der Waals surface area (Å²) in [6, 6.07) is 0. The van der Waals surface area contributed by atoms with Gasteiger partial charge in [0.25, 0.3) is 0 Å². The van der Waals surface area contributed by atoms with Gasteiger partial charge in [-0.25, -0.2) is 0 Å². The van der Waals surface area contributed by atoms with Gasteiger partial charge >= 0.3 is 0 Å². The van der Waals surface area contributed by atoms with Crippen LogP contribution in [0.15, 0.2) is 0 Å². The van der Waals surface area contributed by atoms with Crippen molar-refractivity contribution in [2.24, 2.45) is 0 Å². The average Bonchev–Trinajstić information content (AvgIpc) is 2.14. The Morgan fingerprint density at radius 1 is 1.20 bits per heavy atom. The third-order valence-electron chi connectivity index (χ3n) is 2.77. The van der Waals surface area contributed by atoms with Gasteiger partial charge in [0.05, 0.1) is 5.60 Å². The Labute approximate surface area is 99.2 Å². The first-order valence-electron chi connectivity index (χ1n) is 5.73. The van der Waals surface area contributed by atoms with E-state index in [1.807, 2.05) is 0 Å². The van der Waals surface area contributed by atoms with E-state index in [0.717, 1.165) is 25.7 Å². The molecular formula is C12H21ClOSi. The molecule has 0 unspecified atom stereocenters. The highest BCUT2D eigenvalue weighted by molar-refractivity contribution is 6.83. The summed E-state index contributed by atoms with van der Waals surface area (Å²) >= 11 is 6.21. The van der Waals surface area contributed by atoms with Crippen LogP contribution < -0.4 is 0 Å². The van der Waals surface area contributed by atoms with Crippen LogP contribution in [0.1, 0.15) is 32.1 Å². The lowest BCUT2D eigenvalue weighted by Gasteiger charge is -2.33. The molecule has 0 aromatic carbocycles. The molecule has 1 aliphatic carbocycles. The molecule has 0 aromatic heterocycles. The number of halogens is 1. The van der Waals surface area contributed by atoms with Crippen molar-refractivity contribution in [3.8, 4) is 11.5 Å². The van der Waals surface area contributed by atoms with Crippen LogP contribution in [0, 0.1) is 11.5 Å². The fourth-order valence-electron chi connectivity index (χ4n) is 1.83. The van der Waals surface area contributed by atoms with Crippen LogP contribution in [-0.2, 0) is 0 Å². The van der Waals surface area contributed by atoms with Gasteiger partial charge in [-0.05, 0) is 12.8 Å². The van der Waals surface area contributed by atoms with E-state index in [1.54, 1.807) is 0 Å². The highest BCUT2D eigenvalue weighted by Crippen LogP contribution is 2.33. The van der Waals surface area contributed by atoms with Crippen molar-refractivity contribution in [2.45, 2.75) is 62.7 Å². The quantitative estimate of drug-likeness (QED) is 0.427. The van der Waals surface area contributed by atoms with Gasteiger partial charge in [0.2, 0.25) is 0 Å². The lowest BCUT2D eigenvalue weighted by atomic mass is 9.82. The maximum absolute atomic E-state index is 10.3. The van der Waals surface area contributed by atoms with Crippen LogP contribution in [0.3, 0.4) is 0 Å². The van der Waals surface area contributed by atoms with Crippen LogP contribution in [0.25, 0.3) is 0 Å². The summed E-state index contributed by atoms with van der Waals surface area (Å²) < 4.78 is 0. The molecule has 1 nitrogen and oxygen atoms in total. The van der Waals surface area contributed by atoms with Crippen LogP contribution in [0.2, 0.25) is 19.6 Å². The molecule has 0 heterocycles. The molecular weight excluding hydrogens is 224 g/mol. The lowest BCUT2D eigenvalue weighted by molar-refractivity contribution is 0.0121. The van der Waals surface area contributed by atoms with E-state index in [9.17, 15) is 5.11 Å². The third-order valence-corrected chi connectivity index (χ3v) is 4.17. The molecule has 1 N–H and O–H groups in total. The Morgan fingerprint density at radius 3 is 2.20 bits per heavy atom. The predicted octanol–water partition coefficient (Wildman–Crippen LogP) is 3.17. The molecule has 1 aliphatic rings. The number of alkyl halides is 1. The molecule has 15 heavy (non-hydrogen) atoms.